The molecule has 0 aliphatic rings. The van der Waals surface area contributed by atoms with E-state index in [1.807, 2.05) is 0 Å². The van der Waals surface area contributed by atoms with Crippen LogP contribution in [-0.4, -0.2) is 14.3 Å². The molecule has 3 aromatic carbocycles. The smallest absolute Gasteiger partial charge is 0.322 e. The van der Waals surface area contributed by atoms with Crippen LogP contribution < -0.4 is 10.0 Å². The summed E-state index contributed by atoms with van der Waals surface area (Å²) in [6.07, 6.45) is -10.3. The average molecular weight is 557 g/mol. The average Bonchev–Trinajstić information content (AvgIpc) is 2.75. The molecule has 2 N–H and O–H groups in total. The fraction of sp³-hybridized carbons (Fsp3) is 0.0952. The molecule has 3 rings (SSSR count). The Kier molecular flexibility index (Phi) is 7.30. The van der Waals surface area contributed by atoms with Crippen molar-refractivity contribution < 1.29 is 39.6 Å². The summed E-state index contributed by atoms with van der Waals surface area (Å²) >= 11 is 11.7. The van der Waals surface area contributed by atoms with Crippen molar-refractivity contribution in [1.82, 2.24) is 0 Å². The molecule has 0 aliphatic heterocycles. The molecular weight excluding hydrogens is 545 g/mol. The molecular formula is C21H12Cl2F6N2O3S. The van der Waals surface area contributed by atoms with Gasteiger partial charge in [0.25, 0.3) is 15.9 Å². The van der Waals surface area contributed by atoms with Gasteiger partial charge < -0.3 is 5.32 Å². The van der Waals surface area contributed by atoms with Crippen molar-refractivity contribution in [2.45, 2.75) is 17.2 Å². The SMILES string of the molecule is O=C(Nc1ccc(Cl)c(S(=O)(=O)Nc2ccc(Cl)cc2)c1)c1cc(C(F)(F)F)cc(C(F)(F)F)c1. The molecule has 0 spiro atoms. The molecule has 14 heteroatoms. The zero-order chi connectivity index (χ0) is 26.2. The highest BCUT2D eigenvalue weighted by molar-refractivity contribution is 7.92. The number of amides is 1. The Morgan fingerprint density at radius 1 is 0.743 bits per heavy atom. The third-order valence-electron chi connectivity index (χ3n) is 4.42. The standard InChI is InChI=1S/C21H12Cl2F6N2O3S/c22-14-1-3-15(4-2-14)31-35(33,34)18-10-16(5-6-17(18)23)30-19(32)11-7-12(20(24,25)26)9-13(8-11)21(27,28)29/h1-10,31H,(H,30,32). The van der Waals surface area contributed by atoms with Crippen LogP contribution in [0.2, 0.25) is 10.0 Å². The summed E-state index contributed by atoms with van der Waals surface area (Å²) in [5, 5.41) is 2.17. The fourth-order valence-electron chi connectivity index (χ4n) is 2.80. The number of hydrogen-bond acceptors (Lipinski definition) is 3. The van der Waals surface area contributed by atoms with E-state index < -0.39 is 49.9 Å². The van der Waals surface area contributed by atoms with E-state index in [2.05, 4.69) is 10.0 Å². The van der Waals surface area contributed by atoms with Crippen molar-refractivity contribution in [2.75, 3.05) is 10.0 Å². The van der Waals surface area contributed by atoms with Crippen LogP contribution in [0, 0.1) is 0 Å². The van der Waals surface area contributed by atoms with Crippen LogP contribution in [0.5, 0.6) is 0 Å². The minimum absolute atomic E-state index is 0.119. The predicted molar refractivity (Wildman–Crippen MR) is 118 cm³/mol. The second kappa shape index (κ2) is 9.59. The van der Waals surface area contributed by atoms with Crippen molar-refractivity contribution in [2.24, 2.45) is 0 Å². The molecule has 0 unspecified atom stereocenters. The highest BCUT2D eigenvalue weighted by atomic mass is 35.5. The Bertz CT molecular complexity index is 1340. The van der Waals surface area contributed by atoms with Gasteiger partial charge in [0.1, 0.15) is 4.90 Å². The van der Waals surface area contributed by atoms with Crippen molar-refractivity contribution >= 4 is 50.5 Å². The third kappa shape index (κ3) is 6.59. The van der Waals surface area contributed by atoms with Gasteiger partial charge in [-0.15, -0.1) is 0 Å². The molecule has 0 bridgehead atoms. The zero-order valence-electron chi connectivity index (χ0n) is 16.9. The maximum atomic E-state index is 13.1. The summed E-state index contributed by atoms with van der Waals surface area (Å²) in [7, 11) is -4.31. The minimum Gasteiger partial charge on any atom is -0.322 e. The van der Waals surface area contributed by atoms with E-state index in [9.17, 15) is 39.6 Å². The molecule has 0 atom stereocenters. The summed E-state index contributed by atoms with van der Waals surface area (Å²) < 4.78 is 106. The molecule has 1 amide bonds. The molecule has 186 valence electrons. The molecule has 35 heavy (non-hydrogen) atoms. The number of rotatable bonds is 5. The second-order valence-electron chi connectivity index (χ2n) is 7.01. The normalized spacial score (nSPS) is 12.3. The van der Waals surface area contributed by atoms with Gasteiger partial charge in [0, 0.05) is 22.0 Å². The van der Waals surface area contributed by atoms with Crippen LogP contribution in [0.15, 0.2) is 65.6 Å². The van der Waals surface area contributed by atoms with Crippen LogP contribution in [0.4, 0.5) is 37.7 Å². The number of carbonyl (C=O) groups is 1. The largest absolute Gasteiger partial charge is 0.416 e. The lowest BCUT2D eigenvalue weighted by molar-refractivity contribution is -0.143. The minimum atomic E-state index is -5.15. The molecule has 0 heterocycles. The van der Waals surface area contributed by atoms with Crippen molar-refractivity contribution in [3.8, 4) is 0 Å². The van der Waals surface area contributed by atoms with Gasteiger partial charge >= 0.3 is 12.4 Å². The lowest BCUT2D eigenvalue weighted by Gasteiger charge is -2.15. The van der Waals surface area contributed by atoms with E-state index in [1.54, 1.807) is 0 Å². The van der Waals surface area contributed by atoms with E-state index in [0.29, 0.717) is 5.02 Å². The maximum absolute atomic E-state index is 13.1. The van der Waals surface area contributed by atoms with Crippen LogP contribution >= 0.6 is 23.2 Å². The van der Waals surface area contributed by atoms with E-state index >= 15 is 0 Å². The quantitative estimate of drug-likeness (QED) is 0.329. The van der Waals surface area contributed by atoms with Gasteiger partial charge in [-0.05, 0) is 60.7 Å². The Hall–Kier alpha value is -2.96. The van der Waals surface area contributed by atoms with Gasteiger partial charge in [0.15, 0.2) is 0 Å². The Balaban J connectivity index is 1.93. The van der Waals surface area contributed by atoms with Crippen molar-refractivity contribution in [1.29, 1.82) is 0 Å². The van der Waals surface area contributed by atoms with Crippen molar-refractivity contribution in [3.63, 3.8) is 0 Å². The van der Waals surface area contributed by atoms with E-state index in [0.717, 1.165) is 18.2 Å². The van der Waals surface area contributed by atoms with Crippen LogP contribution in [0.3, 0.4) is 0 Å². The number of benzene rings is 3. The first-order chi connectivity index (χ1) is 16.1. The number of nitrogens with one attached hydrogen (secondary N) is 2. The Labute approximate surface area is 204 Å². The number of anilines is 2. The molecule has 3 aromatic rings. The first-order valence-corrected chi connectivity index (χ1v) is 11.5. The van der Waals surface area contributed by atoms with Crippen molar-refractivity contribution in [3.05, 3.63) is 87.4 Å². The summed E-state index contributed by atoms with van der Waals surface area (Å²) in [6.45, 7) is 0. The highest BCUT2D eigenvalue weighted by Crippen LogP contribution is 2.36. The van der Waals surface area contributed by atoms with E-state index in [4.69, 9.17) is 23.2 Å². The number of carbonyl (C=O) groups excluding carboxylic acids is 1. The third-order valence-corrected chi connectivity index (χ3v) is 6.54. The second-order valence-corrected chi connectivity index (χ2v) is 9.50. The Morgan fingerprint density at radius 3 is 1.77 bits per heavy atom. The number of sulfonamides is 1. The number of halogens is 8. The van der Waals surface area contributed by atoms with Crippen LogP contribution in [-0.2, 0) is 22.4 Å². The molecule has 0 aromatic heterocycles. The van der Waals surface area contributed by atoms with Crippen LogP contribution in [0.1, 0.15) is 21.5 Å². The lowest BCUT2D eigenvalue weighted by Crippen LogP contribution is -2.18. The predicted octanol–water partition coefficient (Wildman–Crippen LogP) is 7.08. The summed E-state index contributed by atoms with van der Waals surface area (Å²) in [5.74, 6) is -1.34. The zero-order valence-corrected chi connectivity index (χ0v) is 19.3. The summed E-state index contributed by atoms with van der Waals surface area (Å²) in [4.78, 5) is 12.0. The lowest BCUT2D eigenvalue weighted by atomic mass is 10.0. The molecule has 0 saturated carbocycles. The first kappa shape index (κ1) is 26.6. The molecule has 0 radical (unpaired) electrons. The highest BCUT2D eigenvalue weighted by Gasteiger charge is 2.37. The van der Waals surface area contributed by atoms with Gasteiger partial charge in [-0.25, -0.2) is 8.42 Å². The molecule has 0 aliphatic carbocycles. The van der Waals surface area contributed by atoms with E-state index in [1.165, 1.54) is 24.3 Å². The first-order valence-electron chi connectivity index (χ1n) is 9.25. The molecule has 0 fully saturated rings. The summed E-state index contributed by atoms with van der Waals surface area (Å²) in [6, 6.07) is 9.06. The summed E-state index contributed by atoms with van der Waals surface area (Å²) in [5.41, 5.74) is -4.41. The topological polar surface area (TPSA) is 75.3 Å². The number of alkyl halides is 6. The molecule has 0 saturated heterocycles. The monoisotopic (exact) mass is 556 g/mol. The molecule has 5 nitrogen and oxygen atoms in total. The van der Waals surface area contributed by atoms with Gasteiger partial charge in [-0.3, -0.25) is 9.52 Å². The van der Waals surface area contributed by atoms with Gasteiger partial charge in [-0.1, -0.05) is 23.2 Å². The van der Waals surface area contributed by atoms with Gasteiger partial charge in [-0.2, -0.15) is 26.3 Å². The van der Waals surface area contributed by atoms with Gasteiger partial charge in [0.2, 0.25) is 0 Å². The Morgan fingerprint density at radius 2 is 1.26 bits per heavy atom. The number of hydrogen-bond donors (Lipinski definition) is 2. The maximum Gasteiger partial charge on any atom is 0.416 e. The fourth-order valence-corrected chi connectivity index (χ4v) is 4.52. The van der Waals surface area contributed by atoms with E-state index in [-0.39, 0.29) is 34.6 Å². The van der Waals surface area contributed by atoms with Gasteiger partial charge in [0.05, 0.1) is 16.1 Å². The van der Waals surface area contributed by atoms with Crippen LogP contribution in [0.25, 0.3) is 0 Å².